The minimum absolute atomic E-state index is 0.0292. The van der Waals surface area contributed by atoms with Gasteiger partial charge in [-0.25, -0.2) is 0 Å². The zero-order valence-electron chi connectivity index (χ0n) is 20.9. The molecule has 2 aromatic carbocycles. The summed E-state index contributed by atoms with van der Waals surface area (Å²) in [4.78, 5) is 0. The van der Waals surface area contributed by atoms with E-state index in [1.54, 1.807) is 0 Å². The Labute approximate surface area is 197 Å². The molecule has 172 valence electrons. The number of aliphatic hydroxyl groups is 1. The van der Waals surface area contributed by atoms with Crippen molar-refractivity contribution in [2.24, 2.45) is 0 Å². The lowest BCUT2D eigenvalue weighted by Crippen LogP contribution is -2.66. The van der Waals surface area contributed by atoms with Gasteiger partial charge in [0.2, 0.25) is 0 Å². The van der Waals surface area contributed by atoms with Gasteiger partial charge in [0.1, 0.15) is 14.2 Å². The van der Waals surface area contributed by atoms with Crippen molar-refractivity contribution in [2.45, 2.75) is 71.3 Å². The van der Waals surface area contributed by atoms with Crippen LogP contribution in [0, 0.1) is 11.5 Å². The Morgan fingerprint density at radius 3 is 1.91 bits per heavy atom. The molecule has 4 heteroatoms. The molecule has 0 aromatic heterocycles. The maximum atomic E-state index is 10.2. The van der Waals surface area contributed by atoms with E-state index < -0.39 is 22.5 Å². The molecular formula is C28H40O2Si2. The van der Waals surface area contributed by atoms with E-state index in [9.17, 15) is 5.11 Å². The zero-order valence-corrected chi connectivity index (χ0v) is 22.9. The third kappa shape index (κ3) is 7.32. The van der Waals surface area contributed by atoms with Gasteiger partial charge in [-0.2, -0.15) is 0 Å². The Balaban J connectivity index is 2.22. The molecule has 0 amide bonds. The van der Waals surface area contributed by atoms with E-state index in [0.29, 0.717) is 13.0 Å². The van der Waals surface area contributed by atoms with Crippen molar-refractivity contribution in [1.82, 2.24) is 0 Å². The summed E-state index contributed by atoms with van der Waals surface area (Å²) in [6, 6.07) is 21.5. The number of allylic oxidation sites excluding steroid dienone is 1. The van der Waals surface area contributed by atoms with Crippen molar-refractivity contribution < 1.29 is 9.53 Å². The average molecular weight is 465 g/mol. The lowest BCUT2D eigenvalue weighted by atomic mass is 10.1. The van der Waals surface area contributed by atoms with Gasteiger partial charge in [0.15, 0.2) is 0 Å². The molecule has 0 aliphatic heterocycles. The molecule has 0 heterocycles. The summed E-state index contributed by atoms with van der Waals surface area (Å²) in [5.74, 6) is 3.03. The first-order valence-corrected chi connectivity index (χ1v) is 17.0. The Morgan fingerprint density at radius 1 is 0.969 bits per heavy atom. The first-order chi connectivity index (χ1) is 15.0. The first kappa shape index (κ1) is 26.3. The summed E-state index contributed by atoms with van der Waals surface area (Å²) in [6.07, 6.45) is 3.10. The maximum Gasteiger partial charge on any atom is 0.261 e. The Hall–Kier alpha value is -1.91. The first-order valence-electron chi connectivity index (χ1n) is 11.6. The van der Waals surface area contributed by atoms with E-state index in [1.807, 2.05) is 0 Å². The number of hydrogen-bond acceptors (Lipinski definition) is 2. The van der Waals surface area contributed by atoms with E-state index in [-0.39, 0.29) is 5.04 Å². The van der Waals surface area contributed by atoms with Gasteiger partial charge < -0.3 is 9.53 Å². The molecule has 2 rings (SSSR count). The summed E-state index contributed by atoms with van der Waals surface area (Å²) in [7, 11) is -3.96. The molecule has 1 atom stereocenters. The van der Waals surface area contributed by atoms with E-state index in [2.05, 4.69) is 126 Å². The van der Waals surface area contributed by atoms with E-state index in [4.69, 9.17) is 4.43 Å². The largest absolute Gasteiger partial charge is 0.403 e. The predicted octanol–water partition coefficient (Wildman–Crippen LogP) is 5.53. The van der Waals surface area contributed by atoms with Crippen molar-refractivity contribution in [1.29, 1.82) is 0 Å². The normalized spacial score (nSPS) is 13.9. The number of hydrogen-bond donors (Lipinski definition) is 1. The molecule has 0 aliphatic rings. The molecular weight excluding hydrogens is 424 g/mol. The summed E-state index contributed by atoms with van der Waals surface area (Å²) in [6.45, 7) is 16.2. The highest BCUT2D eigenvalue weighted by Gasteiger charge is 2.50. The quantitative estimate of drug-likeness (QED) is 0.316. The van der Waals surface area contributed by atoms with Crippen LogP contribution < -0.4 is 10.4 Å². The lowest BCUT2D eigenvalue weighted by molar-refractivity contribution is 0.223. The molecule has 0 saturated heterocycles. The fraction of sp³-hybridized carbons (Fsp3) is 0.429. The second kappa shape index (κ2) is 11.3. The van der Waals surface area contributed by atoms with Gasteiger partial charge in [0, 0.05) is 0 Å². The van der Waals surface area contributed by atoms with Gasteiger partial charge in [-0.15, -0.1) is 5.54 Å². The topological polar surface area (TPSA) is 29.5 Å². The minimum atomic E-state index is -2.51. The molecule has 0 radical (unpaired) electrons. The Kier molecular flexibility index (Phi) is 9.30. The van der Waals surface area contributed by atoms with Crippen LogP contribution >= 0.6 is 0 Å². The molecule has 0 spiro atoms. The van der Waals surface area contributed by atoms with Crippen molar-refractivity contribution in [3.63, 3.8) is 0 Å². The van der Waals surface area contributed by atoms with Crippen LogP contribution in [0.2, 0.25) is 24.7 Å². The van der Waals surface area contributed by atoms with Gasteiger partial charge in [0.25, 0.3) is 8.32 Å². The highest BCUT2D eigenvalue weighted by Crippen LogP contribution is 2.37. The summed E-state index contributed by atoms with van der Waals surface area (Å²) in [5, 5.41) is 12.7. The zero-order chi connectivity index (χ0) is 23.8. The smallest absolute Gasteiger partial charge is 0.261 e. The van der Waals surface area contributed by atoms with Crippen LogP contribution in [0.3, 0.4) is 0 Å². The van der Waals surface area contributed by atoms with E-state index in [1.165, 1.54) is 15.9 Å². The minimum Gasteiger partial charge on any atom is -0.403 e. The second-order valence-electron chi connectivity index (χ2n) is 10.6. The standard InChI is InChI=1S/C28H40O2Si2/c1-24(15-14-16-25(29)21-22-31(5,6)7)23-30-32(28(2,3)4,26-17-10-8-11-18-26)27-19-12-9-13-20-27/h8-13,15,17-20,25,29H,14,16,23H2,1-7H3/b24-15-/t25-/m1/s1. The average Bonchev–Trinajstić information content (AvgIpc) is 2.73. The van der Waals surface area contributed by atoms with Crippen molar-refractivity contribution >= 4 is 26.8 Å². The van der Waals surface area contributed by atoms with E-state index in [0.717, 1.165) is 6.42 Å². The van der Waals surface area contributed by atoms with Crippen LogP contribution in [0.5, 0.6) is 0 Å². The summed E-state index contributed by atoms with van der Waals surface area (Å²) >= 11 is 0. The van der Waals surface area contributed by atoms with Crippen LogP contribution in [-0.4, -0.2) is 34.2 Å². The van der Waals surface area contributed by atoms with E-state index >= 15 is 0 Å². The van der Waals surface area contributed by atoms with Gasteiger partial charge in [-0.05, 0) is 35.2 Å². The maximum absolute atomic E-state index is 10.2. The SMILES string of the molecule is C/C(=C/CC[C@@H](O)C#C[Si](C)(C)C)CO[Si](c1ccccc1)(c1ccccc1)C(C)(C)C. The lowest BCUT2D eigenvalue weighted by Gasteiger charge is -2.43. The van der Waals surface area contributed by atoms with Crippen LogP contribution in [-0.2, 0) is 4.43 Å². The van der Waals surface area contributed by atoms with Crippen molar-refractivity contribution in [2.75, 3.05) is 6.61 Å². The fourth-order valence-electron chi connectivity index (χ4n) is 3.90. The van der Waals surface area contributed by atoms with Crippen molar-refractivity contribution in [3.8, 4) is 11.5 Å². The molecule has 32 heavy (non-hydrogen) atoms. The monoisotopic (exact) mass is 464 g/mol. The van der Waals surface area contributed by atoms with Gasteiger partial charge in [-0.1, -0.05) is 119 Å². The summed E-state index contributed by atoms with van der Waals surface area (Å²) in [5.41, 5.74) is 4.45. The van der Waals surface area contributed by atoms with Crippen LogP contribution in [0.25, 0.3) is 0 Å². The molecule has 2 nitrogen and oxygen atoms in total. The number of benzene rings is 2. The van der Waals surface area contributed by atoms with Crippen LogP contribution in [0.4, 0.5) is 0 Å². The third-order valence-corrected chi connectivity index (χ3v) is 11.4. The number of aliphatic hydroxyl groups excluding tert-OH is 1. The Bertz CT molecular complexity index is 887. The highest BCUT2D eigenvalue weighted by molar-refractivity contribution is 6.99. The van der Waals surface area contributed by atoms with Gasteiger partial charge >= 0.3 is 0 Å². The van der Waals surface area contributed by atoms with Crippen molar-refractivity contribution in [3.05, 3.63) is 72.3 Å². The Morgan fingerprint density at radius 2 is 1.47 bits per heavy atom. The predicted molar refractivity (Wildman–Crippen MR) is 144 cm³/mol. The molecule has 2 aromatic rings. The number of rotatable bonds is 8. The second-order valence-corrected chi connectivity index (χ2v) is 19.7. The van der Waals surface area contributed by atoms with Crippen LogP contribution in [0.1, 0.15) is 40.5 Å². The van der Waals surface area contributed by atoms with Gasteiger partial charge in [-0.3, -0.25) is 0 Å². The van der Waals surface area contributed by atoms with Gasteiger partial charge in [0.05, 0.1) is 6.61 Å². The molecule has 0 unspecified atom stereocenters. The highest BCUT2D eigenvalue weighted by atomic mass is 28.4. The third-order valence-electron chi connectivity index (χ3n) is 5.48. The van der Waals surface area contributed by atoms with Crippen LogP contribution in [0.15, 0.2) is 72.3 Å². The fourth-order valence-corrected chi connectivity index (χ4v) is 9.10. The molecule has 0 fully saturated rings. The summed E-state index contributed by atoms with van der Waals surface area (Å²) < 4.78 is 6.96. The molecule has 0 aliphatic carbocycles. The molecule has 0 bridgehead atoms. The molecule has 1 N–H and O–H groups in total. The molecule has 0 saturated carbocycles.